The SMILES string of the molecule is C=CCCOC(C)C(=O)N1CCc2ccccc2C1C(=O)O. The molecule has 0 aliphatic carbocycles. The molecule has 1 amide bonds. The maximum atomic E-state index is 12.5. The lowest BCUT2D eigenvalue weighted by molar-refractivity contribution is -0.156. The molecular weight excluding hydrogens is 282 g/mol. The van der Waals surface area contributed by atoms with Crippen molar-refractivity contribution >= 4 is 11.9 Å². The van der Waals surface area contributed by atoms with E-state index >= 15 is 0 Å². The van der Waals surface area contributed by atoms with Gasteiger partial charge in [0.15, 0.2) is 6.04 Å². The number of ether oxygens (including phenoxy) is 1. The maximum absolute atomic E-state index is 12.5. The molecule has 2 rings (SSSR count). The van der Waals surface area contributed by atoms with Crippen molar-refractivity contribution in [3.63, 3.8) is 0 Å². The molecule has 2 atom stereocenters. The Kier molecular flexibility index (Phi) is 5.33. The fraction of sp³-hybridized carbons (Fsp3) is 0.412. The zero-order chi connectivity index (χ0) is 16.1. The van der Waals surface area contributed by atoms with E-state index in [0.29, 0.717) is 31.6 Å². The minimum atomic E-state index is -1.02. The smallest absolute Gasteiger partial charge is 0.331 e. The molecule has 0 aromatic heterocycles. The van der Waals surface area contributed by atoms with Crippen LogP contribution in [0.1, 0.15) is 30.5 Å². The summed E-state index contributed by atoms with van der Waals surface area (Å²) < 4.78 is 5.46. The summed E-state index contributed by atoms with van der Waals surface area (Å²) in [6.07, 6.45) is 2.37. The first-order valence-corrected chi connectivity index (χ1v) is 7.40. The molecule has 1 N–H and O–H groups in total. The monoisotopic (exact) mass is 303 g/mol. The molecule has 0 spiro atoms. The molecule has 1 heterocycles. The van der Waals surface area contributed by atoms with E-state index in [4.69, 9.17) is 4.74 Å². The number of carbonyl (C=O) groups is 2. The van der Waals surface area contributed by atoms with Crippen molar-refractivity contribution in [3.8, 4) is 0 Å². The van der Waals surface area contributed by atoms with Gasteiger partial charge in [-0.3, -0.25) is 4.79 Å². The standard InChI is InChI=1S/C17H21NO4/c1-3-4-11-22-12(2)16(19)18-10-9-13-7-5-6-8-14(13)15(18)17(20)21/h3,5-8,12,15H,1,4,9-11H2,2H3,(H,20,21). The number of carboxylic acid groups (broad SMARTS) is 1. The second-order valence-corrected chi connectivity index (χ2v) is 5.31. The average molecular weight is 303 g/mol. The van der Waals surface area contributed by atoms with E-state index < -0.39 is 18.1 Å². The molecule has 0 bridgehead atoms. The van der Waals surface area contributed by atoms with Gasteiger partial charge in [0.05, 0.1) is 6.61 Å². The molecule has 1 aliphatic rings. The van der Waals surface area contributed by atoms with E-state index in [1.165, 1.54) is 4.90 Å². The highest BCUT2D eigenvalue weighted by Gasteiger charge is 2.37. The maximum Gasteiger partial charge on any atom is 0.331 e. The first-order chi connectivity index (χ1) is 10.6. The van der Waals surface area contributed by atoms with E-state index in [1.54, 1.807) is 25.1 Å². The number of benzene rings is 1. The molecule has 5 heteroatoms. The third-order valence-electron chi connectivity index (χ3n) is 3.84. The van der Waals surface area contributed by atoms with Gasteiger partial charge in [-0.15, -0.1) is 6.58 Å². The van der Waals surface area contributed by atoms with Crippen molar-refractivity contribution in [1.29, 1.82) is 0 Å². The number of rotatable bonds is 6. The van der Waals surface area contributed by atoms with Crippen LogP contribution in [-0.2, 0) is 20.7 Å². The zero-order valence-corrected chi connectivity index (χ0v) is 12.7. The molecule has 0 fully saturated rings. The fourth-order valence-electron chi connectivity index (χ4n) is 2.70. The first kappa shape index (κ1) is 16.2. The number of carboxylic acids is 1. The van der Waals surface area contributed by atoms with Gasteiger partial charge in [0.1, 0.15) is 6.10 Å². The summed E-state index contributed by atoms with van der Waals surface area (Å²) in [5, 5.41) is 9.55. The Morgan fingerprint density at radius 1 is 1.50 bits per heavy atom. The van der Waals surface area contributed by atoms with Gasteiger partial charge in [0.25, 0.3) is 5.91 Å². The molecule has 22 heavy (non-hydrogen) atoms. The molecule has 0 saturated carbocycles. The number of amides is 1. The number of nitrogens with zero attached hydrogens (tertiary/aromatic N) is 1. The first-order valence-electron chi connectivity index (χ1n) is 7.40. The zero-order valence-electron chi connectivity index (χ0n) is 12.7. The lowest BCUT2D eigenvalue weighted by atomic mass is 9.92. The van der Waals surface area contributed by atoms with Crippen LogP contribution in [-0.4, -0.2) is 41.1 Å². The molecule has 0 saturated heterocycles. The fourth-order valence-corrected chi connectivity index (χ4v) is 2.70. The van der Waals surface area contributed by atoms with Crippen LogP contribution in [0.4, 0.5) is 0 Å². The van der Waals surface area contributed by atoms with Crippen LogP contribution < -0.4 is 0 Å². The second-order valence-electron chi connectivity index (χ2n) is 5.31. The third kappa shape index (κ3) is 3.36. The summed E-state index contributed by atoms with van der Waals surface area (Å²) in [7, 11) is 0. The number of hydrogen-bond donors (Lipinski definition) is 1. The van der Waals surface area contributed by atoms with Crippen LogP contribution in [0.25, 0.3) is 0 Å². The molecule has 118 valence electrons. The van der Waals surface area contributed by atoms with Crippen molar-refractivity contribution < 1.29 is 19.4 Å². The van der Waals surface area contributed by atoms with Crippen molar-refractivity contribution in [2.24, 2.45) is 0 Å². The summed E-state index contributed by atoms with van der Waals surface area (Å²) in [6.45, 7) is 6.05. The summed E-state index contributed by atoms with van der Waals surface area (Å²) in [4.78, 5) is 25.6. The lowest BCUT2D eigenvalue weighted by Crippen LogP contribution is -2.47. The van der Waals surface area contributed by atoms with E-state index in [2.05, 4.69) is 6.58 Å². The largest absolute Gasteiger partial charge is 0.479 e. The van der Waals surface area contributed by atoms with Gasteiger partial charge in [0, 0.05) is 6.54 Å². The highest BCUT2D eigenvalue weighted by molar-refractivity contribution is 5.87. The van der Waals surface area contributed by atoms with Crippen LogP contribution in [0.3, 0.4) is 0 Å². The lowest BCUT2D eigenvalue weighted by Gasteiger charge is -2.36. The Balaban J connectivity index is 2.18. The van der Waals surface area contributed by atoms with Crippen LogP contribution in [0.15, 0.2) is 36.9 Å². The van der Waals surface area contributed by atoms with E-state index in [0.717, 1.165) is 5.56 Å². The quantitative estimate of drug-likeness (QED) is 0.646. The minimum absolute atomic E-state index is 0.286. The molecule has 1 aromatic rings. The van der Waals surface area contributed by atoms with Crippen LogP contribution in [0.5, 0.6) is 0 Å². The van der Waals surface area contributed by atoms with E-state index in [9.17, 15) is 14.7 Å². The van der Waals surface area contributed by atoms with Gasteiger partial charge in [-0.1, -0.05) is 30.3 Å². The second kappa shape index (κ2) is 7.22. The molecule has 1 aromatic carbocycles. The summed E-state index contributed by atoms with van der Waals surface area (Å²) in [6, 6.07) is 6.43. The molecule has 5 nitrogen and oxygen atoms in total. The van der Waals surface area contributed by atoms with Gasteiger partial charge >= 0.3 is 5.97 Å². The summed E-state index contributed by atoms with van der Waals surface area (Å²) in [5.74, 6) is -1.30. The van der Waals surface area contributed by atoms with Crippen LogP contribution >= 0.6 is 0 Å². The van der Waals surface area contributed by atoms with Crippen LogP contribution in [0, 0.1) is 0 Å². The van der Waals surface area contributed by atoms with Crippen molar-refractivity contribution in [3.05, 3.63) is 48.0 Å². The highest BCUT2D eigenvalue weighted by atomic mass is 16.5. The van der Waals surface area contributed by atoms with E-state index in [1.807, 2.05) is 12.1 Å². The Bertz CT molecular complexity index is 570. The van der Waals surface area contributed by atoms with Gasteiger partial charge in [-0.05, 0) is 30.9 Å². The van der Waals surface area contributed by atoms with Crippen molar-refractivity contribution in [2.45, 2.75) is 31.9 Å². The predicted octanol–water partition coefficient (Wildman–Crippen LogP) is 2.18. The predicted molar refractivity (Wildman–Crippen MR) is 82.5 cm³/mol. The third-order valence-corrected chi connectivity index (χ3v) is 3.84. The van der Waals surface area contributed by atoms with Crippen molar-refractivity contribution in [1.82, 2.24) is 4.90 Å². The Hall–Kier alpha value is -2.14. The van der Waals surface area contributed by atoms with Crippen molar-refractivity contribution in [2.75, 3.05) is 13.2 Å². The normalized spacial score (nSPS) is 18.4. The van der Waals surface area contributed by atoms with Crippen LogP contribution in [0.2, 0.25) is 0 Å². The molecule has 1 aliphatic heterocycles. The number of carbonyl (C=O) groups excluding carboxylic acids is 1. The Morgan fingerprint density at radius 3 is 2.91 bits per heavy atom. The number of fused-ring (bicyclic) bond motifs is 1. The highest BCUT2D eigenvalue weighted by Crippen LogP contribution is 2.30. The summed E-state index contributed by atoms with van der Waals surface area (Å²) >= 11 is 0. The summed E-state index contributed by atoms with van der Waals surface area (Å²) in [5.41, 5.74) is 1.67. The molecule has 0 radical (unpaired) electrons. The molecule has 2 unspecified atom stereocenters. The minimum Gasteiger partial charge on any atom is -0.479 e. The van der Waals surface area contributed by atoms with Gasteiger partial charge in [-0.2, -0.15) is 0 Å². The topological polar surface area (TPSA) is 66.8 Å². The Morgan fingerprint density at radius 2 is 2.23 bits per heavy atom. The Labute approximate surface area is 130 Å². The molecular formula is C17H21NO4. The number of aliphatic carboxylic acids is 1. The average Bonchev–Trinajstić information content (AvgIpc) is 2.52. The van der Waals surface area contributed by atoms with Gasteiger partial charge in [-0.25, -0.2) is 4.79 Å². The van der Waals surface area contributed by atoms with Gasteiger partial charge in [0.2, 0.25) is 0 Å². The van der Waals surface area contributed by atoms with Gasteiger partial charge < -0.3 is 14.7 Å². The van der Waals surface area contributed by atoms with E-state index in [-0.39, 0.29) is 5.91 Å². The number of hydrogen-bond acceptors (Lipinski definition) is 3.